The van der Waals surface area contributed by atoms with Gasteiger partial charge in [-0.25, -0.2) is 4.98 Å². The van der Waals surface area contributed by atoms with Crippen LogP contribution in [-0.2, 0) is 7.05 Å². The van der Waals surface area contributed by atoms with Crippen LogP contribution in [-0.4, -0.2) is 9.55 Å². The molecule has 0 N–H and O–H groups in total. The van der Waals surface area contributed by atoms with E-state index < -0.39 is 0 Å². The van der Waals surface area contributed by atoms with Crippen molar-refractivity contribution in [2.24, 2.45) is 7.05 Å². The molecule has 0 saturated carbocycles. The maximum absolute atomic E-state index is 9.13. The minimum absolute atomic E-state index is 0.669. The summed E-state index contributed by atoms with van der Waals surface area (Å²) in [7, 11) is 1.91. The fourth-order valence-corrected chi connectivity index (χ4v) is 3.80. The largest absolute Gasteiger partial charge is 0.339 e. The molecule has 0 aliphatic carbocycles. The Bertz CT molecular complexity index is 1140. The van der Waals surface area contributed by atoms with Crippen LogP contribution in [0.4, 0.5) is 0 Å². The molecule has 0 unspecified atom stereocenters. The van der Waals surface area contributed by atoms with Crippen LogP contribution < -0.4 is 0 Å². The second-order valence-electron chi connectivity index (χ2n) is 5.76. The van der Waals surface area contributed by atoms with Crippen LogP contribution >= 0.6 is 11.3 Å². The summed E-state index contributed by atoms with van der Waals surface area (Å²) in [4.78, 5) is 4.79. The lowest BCUT2D eigenvalue weighted by Crippen LogP contribution is -1.93. The summed E-state index contributed by atoms with van der Waals surface area (Å²) in [5, 5.41) is 12.5. The van der Waals surface area contributed by atoms with Gasteiger partial charge in [0.05, 0.1) is 10.2 Å². The molecule has 4 rings (SSSR count). The Morgan fingerprint density at radius 2 is 2.00 bits per heavy atom. The molecule has 0 bridgehead atoms. The molecule has 4 aromatic rings. The van der Waals surface area contributed by atoms with Crippen LogP contribution in [0.1, 0.15) is 22.0 Å². The third-order valence-corrected chi connectivity index (χ3v) is 5.38. The highest BCUT2D eigenvalue weighted by Crippen LogP contribution is 2.30. The van der Waals surface area contributed by atoms with Gasteiger partial charge in [-0.3, -0.25) is 0 Å². The molecule has 116 valence electrons. The van der Waals surface area contributed by atoms with Gasteiger partial charge in [-0.2, -0.15) is 5.26 Å². The van der Waals surface area contributed by atoms with Gasteiger partial charge < -0.3 is 4.57 Å². The number of hydrogen-bond donors (Lipinski definition) is 0. The lowest BCUT2D eigenvalue weighted by molar-refractivity contribution is 0.865. The lowest BCUT2D eigenvalue weighted by Gasteiger charge is -1.97. The first-order valence-electron chi connectivity index (χ1n) is 7.70. The van der Waals surface area contributed by atoms with E-state index in [0.717, 1.165) is 21.8 Å². The topological polar surface area (TPSA) is 41.6 Å². The molecule has 2 heterocycles. The van der Waals surface area contributed by atoms with Crippen LogP contribution in [0.2, 0.25) is 0 Å². The van der Waals surface area contributed by atoms with Crippen molar-refractivity contribution < 1.29 is 0 Å². The van der Waals surface area contributed by atoms with E-state index in [-0.39, 0.29) is 0 Å². The number of hydrogen-bond acceptors (Lipinski definition) is 3. The smallest absolute Gasteiger partial charge is 0.120 e. The zero-order valence-corrected chi connectivity index (χ0v) is 14.3. The molecule has 0 atom stereocenters. The number of nitrogens with zero attached hydrogens (tertiary/aromatic N) is 3. The molecular weight excluding hydrogens is 314 g/mol. The van der Waals surface area contributed by atoms with Gasteiger partial charge in [0.15, 0.2) is 0 Å². The van der Waals surface area contributed by atoms with E-state index in [1.807, 2.05) is 48.9 Å². The van der Waals surface area contributed by atoms with E-state index in [1.165, 1.54) is 15.5 Å². The minimum Gasteiger partial charge on any atom is -0.339 e. The molecule has 2 aromatic carbocycles. The van der Waals surface area contributed by atoms with Gasteiger partial charge in [-0.1, -0.05) is 36.4 Å². The van der Waals surface area contributed by atoms with Crippen molar-refractivity contribution in [1.82, 2.24) is 9.55 Å². The molecule has 2 aromatic heterocycles. The fourth-order valence-electron chi connectivity index (χ4n) is 2.91. The predicted molar refractivity (Wildman–Crippen MR) is 101 cm³/mol. The maximum Gasteiger partial charge on any atom is 0.120 e. The average molecular weight is 329 g/mol. The van der Waals surface area contributed by atoms with Crippen LogP contribution in [0.15, 0.2) is 42.5 Å². The SMILES string of the molecule is Cc1c(/C=C/c2nc3c(ccc4ccccc43)s2)cc(C#N)n1C. The zero-order chi connectivity index (χ0) is 16.7. The summed E-state index contributed by atoms with van der Waals surface area (Å²) >= 11 is 1.68. The number of thiazole rings is 1. The minimum atomic E-state index is 0.669. The predicted octanol–water partition coefficient (Wildman–Crippen LogP) is 5.14. The number of benzene rings is 2. The van der Waals surface area contributed by atoms with Crippen molar-refractivity contribution in [2.45, 2.75) is 6.92 Å². The van der Waals surface area contributed by atoms with Gasteiger partial charge in [0.25, 0.3) is 0 Å². The van der Waals surface area contributed by atoms with Crippen LogP contribution in [0.5, 0.6) is 0 Å². The quantitative estimate of drug-likeness (QED) is 0.511. The summed E-state index contributed by atoms with van der Waals surface area (Å²) in [6.45, 7) is 2.02. The first-order chi connectivity index (χ1) is 11.7. The number of aromatic nitrogens is 2. The van der Waals surface area contributed by atoms with E-state index >= 15 is 0 Å². The first-order valence-corrected chi connectivity index (χ1v) is 8.52. The van der Waals surface area contributed by atoms with Crippen LogP contribution in [0.3, 0.4) is 0 Å². The Morgan fingerprint density at radius 1 is 1.17 bits per heavy atom. The summed E-state index contributed by atoms with van der Waals surface area (Å²) in [5.41, 5.74) is 3.86. The number of nitriles is 1. The molecule has 0 fully saturated rings. The van der Waals surface area contributed by atoms with Crippen molar-refractivity contribution in [3.63, 3.8) is 0 Å². The number of fused-ring (bicyclic) bond motifs is 3. The third-order valence-electron chi connectivity index (χ3n) is 4.39. The first kappa shape index (κ1) is 14.7. The van der Waals surface area contributed by atoms with E-state index in [0.29, 0.717) is 5.69 Å². The fraction of sp³-hybridized carbons (Fsp3) is 0.100. The third kappa shape index (κ3) is 2.31. The Kier molecular flexibility index (Phi) is 3.44. The summed E-state index contributed by atoms with van der Waals surface area (Å²) in [5.74, 6) is 0. The van der Waals surface area contributed by atoms with Crippen LogP contribution in [0.25, 0.3) is 33.1 Å². The summed E-state index contributed by atoms with van der Waals surface area (Å²) in [6.07, 6.45) is 4.07. The van der Waals surface area contributed by atoms with Gasteiger partial charge >= 0.3 is 0 Å². The second-order valence-corrected chi connectivity index (χ2v) is 6.82. The normalized spacial score (nSPS) is 11.5. The monoisotopic (exact) mass is 329 g/mol. The average Bonchev–Trinajstić information content (AvgIpc) is 3.15. The molecule has 24 heavy (non-hydrogen) atoms. The molecule has 0 spiro atoms. The molecule has 0 amide bonds. The van der Waals surface area contributed by atoms with Gasteiger partial charge in [-0.05, 0) is 36.1 Å². The van der Waals surface area contributed by atoms with Crippen LogP contribution in [0, 0.1) is 18.3 Å². The molecule has 0 aliphatic heterocycles. The Morgan fingerprint density at radius 3 is 2.79 bits per heavy atom. The Balaban J connectivity index is 1.78. The van der Waals surface area contributed by atoms with E-state index in [4.69, 9.17) is 10.2 Å². The highest BCUT2D eigenvalue weighted by Gasteiger charge is 2.08. The molecule has 3 nitrogen and oxygen atoms in total. The molecule has 0 radical (unpaired) electrons. The van der Waals surface area contributed by atoms with Crippen molar-refractivity contribution >= 4 is 44.5 Å². The maximum atomic E-state index is 9.13. The Hall–Kier alpha value is -2.90. The van der Waals surface area contributed by atoms with Gasteiger partial charge in [0.1, 0.15) is 16.8 Å². The second kappa shape index (κ2) is 5.63. The Labute approximate surface area is 144 Å². The van der Waals surface area contributed by atoms with E-state index in [2.05, 4.69) is 30.3 Å². The van der Waals surface area contributed by atoms with E-state index in [9.17, 15) is 0 Å². The number of rotatable bonds is 2. The van der Waals surface area contributed by atoms with Crippen molar-refractivity contribution in [1.29, 1.82) is 5.26 Å². The standard InChI is InChI=1S/C20H15N3S/c1-13-15(11-16(12-21)23(13)2)8-10-19-22-20-17-6-4-3-5-14(17)7-9-18(20)24-19/h3-11H,1-2H3/b10-8+. The van der Waals surface area contributed by atoms with E-state index in [1.54, 1.807) is 11.3 Å². The summed E-state index contributed by atoms with van der Waals surface area (Å²) in [6, 6.07) is 16.7. The molecule has 0 aliphatic rings. The van der Waals surface area contributed by atoms with Gasteiger partial charge in [0.2, 0.25) is 0 Å². The zero-order valence-electron chi connectivity index (χ0n) is 13.4. The van der Waals surface area contributed by atoms with Crippen molar-refractivity contribution in [3.05, 3.63) is 64.4 Å². The lowest BCUT2D eigenvalue weighted by atomic mass is 10.1. The van der Waals surface area contributed by atoms with Crippen molar-refractivity contribution in [2.75, 3.05) is 0 Å². The molecular formula is C20H15N3S. The molecule has 4 heteroatoms. The highest BCUT2D eigenvalue weighted by molar-refractivity contribution is 7.19. The molecule has 0 saturated heterocycles. The highest BCUT2D eigenvalue weighted by atomic mass is 32.1. The van der Waals surface area contributed by atoms with Gasteiger partial charge in [0, 0.05) is 18.1 Å². The van der Waals surface area contributed by atoms with Crippen molar-refractivity contribution in [3.8, 4) is 6.07 Å². The van der Waals surface area contributed by atoms with Gasteiger partial charge in [-0.15, -0.1) is 11.3 Å². The summed E-state index contributed by atoms with van der Waals surface area (Å²) < 4.78 is 3.10.